The molecule has 1 aliphatic rings. The Labute approximate surface area is 139 Å². The summed E-state index contributed by atoms with van der Waals surface area (Å²) in [6.45, 7) is 6.94. The largest absolute Gasteiger partial charge is 0.325 e. The van der Waals surface area contributed by atoms with Crippen molar-refractivity contribution in [3.8, 4) is 0 Å². The van der Waals surface area contributed by atoms with E-state index in [9.17, 15) is 13.2 Å². The van der Waals surface area contributed by atoms with E-state index >= 15 is 0 Å². The van der Waals surface area contributed by atoms with Gasteiger partial charge in [0.25, 0.3) is 0 Å². The van der Waals surface area contributed by atoms with E-state index in [2.05, 4.69) is 19.2 Å². The lowest BCUT2D eigenvalue weighted by Gasteiger charge is -2.30. The summed E-state index contributed by atoms with van der Waals surface area (Å²) in [6, 6.07) is 5.99. The molecule has 1 N–H and O–H groups in total. The Balaban J connectivity index is 2.17. The van der Waals surface area contributed by atoms with Gasteiger partial charge in [-0.25, -0.2) is 12.7 Å². The molecular formula is C17H26N2O3S. The molecular weight excluding hydrogens is 312 g/mol. The SMILES string of the molecule is Cc1cccc(C(C)C)c1NC(=O)C1CCCN(S(C)(=O)=O)C1. The van der Waals surface area contributed by atoms with Crippen LogP contribution < -0.4 is 5.32 Å². The molecule has 0 bridgehead atoms. The van der Waals surface area contributed by atoms with Crippen LogP contribution in [-0.4, -0.2) is 38.0 Å². The van der Waals surface area contributed by atoms with E-state index < -0.39 is 10.0 Å². The van der Waals surface area contributed by atoms with E-state index in [0.29, 0.717) is 12.5 Å². The first-order chi connectivity index (χ1) is 10.7. The number of nitrogens with zero attached hydrogens (tertiary/aromatic N) is 1. The van der Waals surface area contributed by atoms with Crippen molar-refractivity contribution in [3.63, 3.8) is 0 Å². The van der Waals surface area contributed by atoms with Crippen molar-refractivity contribution in [1.29, 1.82) is 0 Å². The monoisotopic (exact) mass is 338 g/mol. The highest BCUT2D eigenvalue weighted by Crippen LogP contribution is 2.29. The lowest BCUT2D eigenvalue weighted by atomic mass is 9.95. The second-order valence-corrected chi connectivity index (χ2v) is 8.63. The Morgan fingerprint density at radius 3 is 2.65 bits per heavy atom. The molecule has 0 spiro atoms. The number of carbonyl (C=O) groups excluding carboxylic acids is 1. The molecule has 1 amide bonds. The molecule has 0 saturated carbocycles. The minimum atomic E-state index is -3.24. The molecule has 23 heavy (non-hydrogen) atoms. The summed E-state index contributed by atoms with van der Waals surface area (Å²) in [5.41, 5.74) is 3.00. The quantitative estimate of drug-likeness (QED) is 0.918. The van der Waals surface area contributed by atoms with E-state index in [1.807, 2.05) is 25.1 Å². The number of carbonyl (C=O) groups is 1. The van der Waals surface area contributed by atoms with E-state index in [1.165, 1.54) is 10.6 Å². The maximum absolute atomic E-state index is 12.6. The van der Waals surface area contributed by atoms with Gasteiger partial charge in [0.15, 0.2) is 0 Å². The van der Waals surface area contributed by atoms with Crippen LogP contribution in [0.5, 0.6) is 0 Å². The first-order valence-corrected chi connectivity index (χ1v) is 9.90. The van der Waals surface area contributed by atoms with Gasteiger partial charge < -0.3 is 5.32 Å². The summed E-state index contributed by atoms with van der Waals surface area (Å²) in [6.07, 6.45) is 2.64. The van der Waals surface area contributed by atoms with Gasteiger partial charge in [0.05, 0.1) is 12.2 Å². The molecule has 0 radical (unpaired) electrons. The van der Waals surface area contributed by atoms with Gasteiger partial charge in [-0.05, 0) is 36.8 Å². The Morgan fingerprint density at radius 1 is 1.35 bits per heavy atom. The summed E-state index contributed by atoms with van der Waals surface area (Å²) >= 11 is 0. The zero-order valence-electron chi connectivity index (χ0n) is 14.3. The number of para-hydroxylation sites is 1. The van der Waals surface area contributed by atoms with Crippen LogP contribution in [0.3, 0.4) is 0 Å². The second kappa shape index (κ2) is 7.01. The van der Waals surface area contributed by atoms with Gasteiger partial charge in [-0.1, -0.05) is 32.0 Å². The number of hydrogen-bond donors (Lipinski definition) is 1. The van der Waals surface area contributed by atoms with Gasteiger partial charge >= 0.3 is 0 Å². The van der Waals surface area contributed by atoms with Crippen molar-refractivity contribution in [2.75, 3.05) is 24.7 Å². The van der Waals surface area contributed by atoms with Crippen LogP contribution in [-0.2, 0) is 14.8 Å². The molecule has 6 heteroatoms. The summed E-state index contributed by atoms with van der Waals surface area (Å²) in [5.74, 6) is -0.0725. The molecule has 1 unspecified atom stereocenters. The third-order valence-corrected chi connectivity index (χ3v) is 5.67. The van der Waals surface area contributed by atoms with Gasteiger partial charge in [0.2, 0.25) is 15.9 Å². The van der Waals surface area contributed by atoms with Crippen molar-refractivity contribution >= 4 is 21.6 Å². The van der Waals surface area contributed by atoms with Crippen LogP contribution in [0.4, 0.5) is 5.69 Å². The second-order valence-electron chi connectivity index (χ2n) is 6.64. The van der Waals surface area contributed by atoms with Gasteiger partial charge in [-0.3, -0.25) is 4.79 Å². The molecule has 1 heterocycles. The Hall–Kier alpha value is -1.40. The summed E-state index contributed by atoms with van der Waals surface area (Å²) in [4.78, 5) is 12.6. The predicted molar refractivity (Wildman–Crippen MR) is 93.0 cm³/mol. The number of nitrogens with one attached hydrogen (secondary N) is 1. The van der Waals surface area contributed by atoms with Crippen molar-refractivity contribution < 1.29 is 13.2 Å². The highest BCUT2D eigenvalue weighted by Gasteiger charge is 2.30. The van der Waals surface area contributed by atoms with Crippen LogP contribution >= 0.6 is 0 Å². The molecule has 1 saturated heterocycles. The molecule has 5 nitrogen and oxygen atoms in total. The molecule has 1 aromatic carbocycles. The van der Waals surface area contributed by atoms with Crippen molar-refractivity contribution in [3.05, 3.63) is 29.3 Å². The van der Waals surface area contributed by atoms with Gasteiger partial charge in [-0.15, -0.1) is 0 Å². The standard InChI is InChI=1S/C17H26N2O3S/c1-12(2)15-9-5-7-13(3)16(15)18-17(20)14-8-6-10-19(11-14)23(4,21)22/h5,7,9,12,14H,6,8,10-11H2,1-4H3,(H,18,20). The lowest BCUT2D eigenvalue weighted by molar-refractivity contribution is -0.120. The van der Waals surface area contributed by atoms with Gasteiger partial charge in [-0.2, -0.15) is 0 Å². The maximum atomic E-state index is 12.6. The first kappa shape index (κ1) is 17.9. The molecule has 1 aromatic rings. The number of rotatable bonds is 4. The van der Waals surface area contributed by atoms with E-state index in [0.717, 1.165) is 29.7 Å². The number of aryl methyl sites for hydroxylation is 1. The maximum Gasteiger partial charge on any atom is 0.228 e. The lowest BCUT2D eigenvalue weighted by Crippen LogP contribution is -2.43. The van der Waals surface area contributed by atoms with E-state index in [4.69, 9.17) is 0 Å². The highest BCUT2D eigenvalue weighted by atomic mass is 32.2. The Kier molecular flexibility index (Phi) is 5.47. The number of benzene rings is 1. The minimum absolute atomic E-state index is 0.0884. The molecule has 1 atom stereocenters. The van der Waals surface area contributed by atoms with Crippen LogP contribution in [0.15, 0.2) is 18.2 Å². The average Bonchev–Trinajstić information content (AvgIpc) is 2.48. The number of amides is 1. The third kappa shape index (κ3) is 4.32. The molecule has 0 aromatic heterocycles. The predicted octanol–water partition coefficient (Wildman–Crippen LogP) is 2.73. The summed E-state index contributed by atoms with van der Waals surface area (Å²) < 4.78 is 24.8. The molecule has 128 valence electrons. The zero-order chi connectivity index (χ0) is 17.2. The number of piperidine rings is 1. The number of sulfonamides is 1. The molecule has 1 fully saturated rings. The van der Waals surface area contributed by atoms with Gasteiger partial charge in [0.1, 0.15) is 0 Å². The highest BCUT2D eigenvalue weighted by molar-refractivity contribution is 7.88. The van der Waals surface area contributed by atoms with Crippen molar-refractivity contribution in [2.24, 2.45) is 5.92 Å². The van der Waals surface area contributed by atoms with E-state index in [-0.39, 0.29) is 18.4 Å². The molecule has 0 aliphatic carbocycles. The van der Waals surface area contributed by atoms with E-state index in [1.54, 1.807) is 0 Å². The molecule has 2 rings (SSSR count). The van der Waals surface area contributed by atoms with Crippen LogP contribution in [0.25, 0.3) is 0 Å². The van der Waals surface area contributed by atoms with Crippen LogP contribution in [0.1, 0.15) is 43.7 Å². The minimum Gasteiger partial charge on any atom is -0.325 e. The van der Waals surface area contributed by atoms with Crippen LogP contribution in [0.2, 0.25) is 0 Å². The Bertz CT molecular complexity index is 683. The first-order valence-electron chi connectivity index (χ1n) is 8.05. The third-order valence-electron chi connectivity index (χ3n) is 4.40. The number of anilines is 1. The topological polar surface area (TPSA) is 66.5 Å². The fourth-order valence-electron chi connectivity index (χ4n) is 3.03. The fourth-order valence-corrected chi connectivity index (χ4v) is 3.94. The Morgan fingerprint density at radius 2 is 2.04 bits per heavy atom. The molecule has 1 aliphatic heterocycles. The van der Waals surface area contributed by atoms with Crippen molar-refractivity contribution in [2.45, 2.75) is 39.5 Å². The zero-order valence-corrected chi connectivity index (χ0v) is 15.1. The van der Waals surface area contributed by atoms with Crippen molar-refractivity contribution in [1.82, 2.24) is 4.31 Å². The normalized spacial score (nSPS) is 19.8. The summed E-state index contributed by atoms with van der Waals surface area (Å²) in [7, 11) is -3.24. The fraction of sp³-hybridized carbons (Fsp3) is 0.588. The van der Waals surface area contributed by atoms with Gasteiger partial charge in [0, 0.05) is 18.8 Å². The summed E-state index contributed by atoms with van der Waals surface area (Å²) in [5, 5.41) is 3.04. The average molecular weight is 338 g/mol. The number of hydrogen-bond acceptors (Lipinski definition) is 3. The smallest absolute Gasteiger partial charge is 0.228 e. The van der Waals surface area contributed by atoms with Crippen LogP contribution in [0, 0.1) is 12.8 Å².